The van der Waals surface area contributed by atoms with Gasteiger partial charge < -0.3 is 5.11 Å². The lowest BCUT2D eigenvalue weighted by molar-refractivity contribution is 0.202. The number of amides is 2. The van der Waals surface area contributed by atoms with Gasteiger partial charge in [-0.2, -0.15) is 5.10 Å². The summed E-state index contributed by atoms with van der Waals surface area (Å²) in [7, 11) is -4.10. The highest BCUT2D eigenvalue weighted by Crippen LogP contribution is 2.30. The van der Waals surface area contributed by atoms with Gasteiger partial charge >= 0.3 is 6.03 Å². The van der Waals surface area contributed by atoms with Gasteiger partial charge in [0.1, 0.15) is 0 Å². The summed E-state index contributed by atoms with van der Waals surface area (Å²) in [5.41, 5.74) is 3.08. The van der Waals surface area contributed by atoms with Gasteiger partial charge in [-0.15, -0.1) is 0 Å². The number of urea groups is 1. The number of nitrogens with zero attached hydrogens (tertiary/aromatic N) is 2. The standard InChI is InChI=1S/C24H22ClN3O4S/c25-20-10-8-19(9-11-20)23-22(18-4-2-1-3-5-18)14-15-28(26-23)24(30)27-33(31,32)21-12-6-17(16-29)7-13-21/h1-13,22,29H,14-16H2,(H,27,30). The number of rotatable bonds is 5. The van der Waals surface area contributed by atoms with Gasteiger partial charge in [0.25, 0.3) is 10.0 Å². The number of benzene rings is 3. The first-order valence-corrected chi connectivity index (χ1v) is 12.2. The molecule has 0 saturated carbocycles. The average molecular weight is 484 g/mol. The summed E-state index contributed by atoms with van der Waals surface area (Å²) >= 11 is 6.04. The van der Waals surface area contributed by atoms with Crippen molar-refractivity contribution in [3.8, 4) is 0 Å². The molecule has 0 spiro atoms. The average Bonchev–Trinajstić information content (AvgIpc) is 2.84. The first-order valence-electron chi connectivity index (χ1n) is 10.3. The van der Waals surface area contributed by atoms with E-state index in [1.54, 1.807) is 12.1 Å². The van der Waals surface area contributed by atoms with Crippen molar-refractivity contribution in [2.45, 2.75) is 23.8 Å². The Morgan fingerprint density at radius 1 is 1.03 bits per heavy atom. The molecule has 0 aliphatic carbocycles. The van der Waals surface area contributed by atoms with Crippen molar-refractivity contribution >= 4 is 33.4 Å². The van der Waals surface area contributed by atoms with Crippen LogP contribution in [0.4, 0.5) is 4.79 Å². The Labute approximate surface area is 197 Å². The lowest BCUT2D eigenvalue weighted by atomic mass is 9.86. The Kier molecular flexibility index (Phi) is 6.78. The summed E-state index contributed by atoms with van der Waals surface area (Å²) in [6.45, 7) is 0.0483. The van der Waals surface area contributed by atoms with E-state index in [0.29, 0.717) is 22.7 Å². The van der Waals surface area contributed by atoms with Crippen LogP contribution >= 0.6 is 11.6 Å². The minimum atomic E-state index is -4.10. The van der Waals surface area contributed by atoms with Gasteiger partial charge in [0.15, 0.2) is 0 Å². The molecule has 1 unspecified atom stereocenters. The van der Waals surface area contributed by atoms with E-state index in [-0.39, 0.29) is 24.0 Å². The van der Waals surface area contributed by atoms with Gasteiger partial charge in [-0.1, -0.05) is 66.2 Å². The van der Waals surface area contributed by atoms with E-state index in [0.717, 1.165) is 16.1 Å². The molecule has 0 bridgehead atoms. The zero-order valence-electron chi connectivity index (χ0n) is 17.6. The lowest BCUT2D eigenvalue weighted by Gasteiger charge is -2.30. The molecule has 1 atom stereocenters. The fraction of sp³-hybridized carbons (Fsp3) is 0.167. The minimum absolute atomic E-state index is 0.0564. The van der Waals surface area contributed by atoms with Crippen LogP contribution in [-0.4, -0.2) is 36.8 Å². The van der Waals surface area contributed by atoms with Crippen LogP contribution in [0.5, 0.6) is 0 Å². The number of halogens is 1. The Morgan fingerprint density at radius 3 is 2.33 bits per heavy atom. The molecule has 3 aromatic carbocycles. The monoisotopic (exact) mass is 483 g/mol. The molecule has 2 N–H and O–H groups in total. The van der Waals surface area contributed by atoms with Gasteiger partial charge in [0.05, 0.1) is 17.2 Å². The zero-order valence-corrected chi connectivity index (χ0v) is 19.1. The maximum atomic E-state index is 12.9. The number of carbonyl (C=O) groups excluding carboxylic acids is 1. The second kappa shape index (κ2) is 9.74. The molecular weight excluding hydrogens is 462 g/mol. The number of hydrogen-bond donors (Lipinski definition) is 2. The molecule has 1 aliphatic heterocycles. The van der Waals surface area contributed by atoms with E-state index in [9.17, 15) is 13.2 Å². The molecule has 0 radical (unpaired) electrons. The zero-order chi connectivity index (χ0) is 23.4. The van der Waals surface area contributed by atoms with Gasteiger partial charge in [-0.3, -0.25) is 0 Å². The van der Waals surface area contributed by atoms with Gasteiger partial charge in [0, 0.05) is 17.5 Å². The Bertz CT molecular complexity index is 1260. The third kappa shape index (κ3) is 5.24. The summed E-state index contributed by atoms with van der Waals surface area (Å²) < 4.78 is 27.4. The van der Waals surface area contributed by atoms with E-state index < -0.39 is 16.1 Å². The van der Waals surface area contributed by atoms with E-state index in [1.165, 1.54) is 24.3 Å². The third-order valence-corrected chi connectivity index (χ3v) is 6.99. The number of nitrogens with one attached hydrogen (secondary N) is 1. The summed E-state index contributed by atoms with van der Waals surface area (Å²) in [6.07, 6.45) is 0.574. The molecule has 170 valence electrons. The molecule has 0 fully saturated rings. The van der Waals surface area contributed by atoms with Crippen LogP contribution in [0.3, 0.4) is 0 Å². The number of hydrogen-bond acceptors (Lipinski definition) is 5. The first-order chi connectivity index (χ1) is 15.9. The lowest BCUT2D eigenvalue weighted by Crippen LogP contribution is -2.43. The van der Waals surface area contributed by atoms with Crippen LogP contribution in [0.25, 0.3) is 0 Å². The summed E-state index contributed by atoms with van der Waals surface area (Å²) in [5.74, 6) is -0.0564. The largest absolute Gasteiger partial charge is 0.392 e. The van der Waals surface area contributed by atoms with E-state index in [1.807, 2.05) is 42.5 Å². The second-order valence-electron chi connectivity index (χ2n) is 7.58. The van der Waals surface area contributed by atoms with E-state index >= 15 is 0 Å². The SMILES string of the molecule is O=C(NS(=O)(=O)c1ccc(CO)cc1)N1CCC(c2ccccc2)C(c2ccc(Cl)cc2)=N1. The van der Waals surface area contributed by atoms with E-state index in [4.69, 9.17) is 16.7 Å². The summed E-state index contributed by atoms with van der Waals surface area (Å²) in [6, 6.07) is 21.8. The van der Waals surface area contributed by atoms with Crippen LogP contribution in [-0.2, 0) is 16.6 Å². The smallest absolute Gasteiger partial charge is 0.351 e. The fourth-order valence-corrected chi connectivity index (χ4v) is 4.75. The summed E-state index contributed by atoms with van der Waals surface area (Å²) in [4.78, 5) is 12.8. The molecular formula is C24H22ClN3O4S. The molecule has 1 aliphatic rings. The predicted octanol–water partition coefficient (Wildman–Crippen LogP) is 4.12. The quantitative estimate of drug-likeness (QED) is 0.570. The fourth-order valence-electron chi connectivity index (χ4n) is 3.67. The number of aliphatic hydroxyl groups excluding tert-OH is 1. The maximum Gasteiger partial charge on any atom is 0.351 e. The highest BCUT2D eigenvalue weighted by molar-refractivity contribution is 7.90. The minimum Gasteiger partial charge on any atom is -0.392 e. The topological polar surface area (TPSA) is 99.1 Å². The highest BCUT2D eigenvalue weighted by atomic mass is 35.5. The number of sulfonamides is 1. The van der Waals surface area contributed by atoms with Crippen molar-refractivity contribution in [3.63, 3.8) is 0 Å². The first kappa shape index (κ1) is 23.0. The number of aliphatic hydroxyl groups is 1. The van der Waals surface area contributed by atoms with Crippen molar-refractivity contribution in [3.05, 3.63) is 101 Å². The molecule has 2 amide bonds. The molecule has 3 aromatic rings. The molecule has 7 nitrogen and oxygen atoms in total. The molecule has 0 aromatic heterocycles. The maximum absolute atomic E-state index is 12.9. The number of hydrazone groups is 1. The van der Waals surface area contributed by atoms with E-state index in [2.05, 4.69) is 9.82 Å². The van der Waals surface area contributed by atoms with Gasteiger partial charge in [-0.05, 0) is 47.4 Å². The summed E-state index contributed by atoms with van der Waals surface area (Å²) in [5, 5.41) is 15.4. The van der Waals surface area contributed by atoms with Crippen LogP contribution in [0.15, 0.2) is 88.9 Å². The molecule has 9 heteroatoms. The Hall–Kier alpha value is -3.20. The Morgan fingerprint density at radius 2 is 1.70 bits per heavy atom. The number of carbonyl (C=O) groups is 1. The van der Waals surface area contributed by atoms with Gasteiger partial charge in [0.2, 0.25) is 0 Å². The highest BCUT2D eigenvalue weighted by Gasteiger charge is 2.30. The second-order valence-corrected chi connectivity index (χ2v) is 9.70. The molecule has 4 rings (SSSR count). The molecule has 1 heterocycles. The normalized spacial score (nSPS) is 16.2. The molecule has 33 heavy (non-hydrogen) atoms. The predicted molar refractivity (Wildman–Crippen MR) is 127 cm³/mol. The van der Waals surface area contributed by atoms with Crippen molar-refractivity contribution in [2.75, 3.05) is 6.54 Å². The van der Waals surface area contributed by atoms with Crippen molar-refractivity contribution in [1.29, 1.82) is 0 Å². The van der Waals surface area contributed by atoms with Crippen LogP contribution in [0.2, 0.25) is 5.02 Å². The van der Waals surface area contributed by atoms with Crippen molar-refractivity contribution in [1.82, 2.24) is 9.73 Å². The van der Waals surface area contributed by atoms with Gasteiger partial charge in [-0.25, -0.2) is 22.9 Å². The van der Waals surface area contributed by atoms with Crippen LogP contribution < -0.4 is 4.72 Å². The third-order valence-electron chi connectivity index (χ3n) is 5.40. The van der Waals surface area contributed by atoms with Crippen LogP contribution in [0, 0.1) is 0 Å². The van der Waals surface area contributed by atoms with Crippen molar-refractivity contribution < 1.29 is 18.3 Å². The van der Waals surface area contributed by atoms with Crippen LogP contribution in [0.1, 0.15) is 29.0 Å². The van der Waals surface area contributed by atoms with Crippen molar-refractivity contribution in [2.24, 2.45) is 5.10 Å². The molecule has 0 saturated heterocycles. The Balaban J connectivity index is 1.62.